The Morgan fingerprint density at radius 2 is 2.06 bits per heavy atom. The summed E-state index contributed by atoms with van der Waals surface area (Å²) in [6, 6.07) is 0. The van der Waals surface area contributed by atoms with E-state index in [0.717, 1.165) is 29.8 Å². The second-order valence-electron chi connectivity index (χ2n) is 11.2. The summed E-state index contributed by atoms with van der Waals surface area (Å²) < 4.78 is 29.7. The molecular formula is C24H40N2O5S2. The van der Waals surface area contributed by atoms with E-state index in [4.69, 9.17) is 9.72 Å². The molecule has 9 heteroatoms. The van der Waals surface area contributed by atoms with Crippen LogP contribution in [0.2, 0.25) is 0 Å². The van der Waals surface area contributed by atoms with E-state index in [2.05, 4.69) is 19.2 Å². The molecule has 7 nitrogen and oxygen atoms in total. The van der Waals surface area contributed by atoms with Crippen LogP contribution in [0.5, 0.6) is 0 Å². The van der Waals surface area contributed by atoms with Gasteiger partial charge in [-0.05, 0) is 57.3 Å². The van der Waals surface area contributed by atoms with Crippen LogP contribution >= 0.6 is 11.3 Å². The minimum Gasteiger partial charge on any atom is -0.392 e. The van der Waals surface area contributed by atoms with E-state index >= 15 is 0 Å². The third-order valence-electron chi connectivity index (χ3n) is 7.87. The Morgan fingerprint density at radius 1 is 1.39 bits per heavy atom. The van der Waals surface area contributed by atoms with Gasteiger partial charge in [-0.3, -0.25) is 4.79 Å². The number of hydrogen-bond donors (Lipinski definition) is 2. The van der Waals surface area contributed by atoms with E-state index in [9.17, 15) is 18.3 Å². The number of fused-ring (bicyclic) bond motifs is 2. The van der Waals surface area contributed by atoms with Gasteiger partial charge in [0.05, 0.1) is 23.2 Å². The van der Waals surface area contributed by atoms with E-state index < -0.39 is 20.7 Å². The molecule has 1 amide bonds. The number of carbonyl (C=O) groups excluding carboxylic acids is 1. The van der Waals surface area contributed by atoms with Gasteiger partial charge < -0.3 is 15.2 Å². The summed E-state index contributed by atoms with van der Waals surface area (Å²) in [6.07, 6.45) is 1.90. The van der Waals surface area contributed by atoms with Gasteiger partial charge in [0.15, 0.2) is 9.84 Å². The summed E-state index contributed by atoms with van der Waals surface area (Å²) >= 11 is 1.51. The van der Waals surface area contributed by atoms with Gasteiger partial charge in [0.2, 0.25) is 5.91 Å². The molecule has 2 N–H and O–H groups in total. The number of hydrogen-bond acceptors (Lipinski definition) is 7. The number of ether oxygens (including phenoxy) is 1. The molecule has 33 heavy (non-hydrogen) atoms. The van der Waals surface area contributed by atoms with Gasteiger partial charge >= 0.3 is 0 Å². The fourth-order valence-corrected chi connectivity index (χ4v) is 8.36. The average molecular weight is 501 g/mol. The first-order valence-corrected chi connectivity index (χ1v) is 14.3. The maximum Gasteiger partial charge on any atom is 0.223 e. The normalized spacial score (nSPS) is 30.9. The van der Waals surface area contributed by atoms with Crippen molar-refractivity contribution in [2.45, 2.75) is 83.3 Å². The van der Waals surface area contributed by atoms with E-state index in [-0.39, 0.29) is 40.7 Å². The minimum absolute atomic E-state index is 0.00245. The highest BCUT2D eigenvalue weighted by atomic mass is 32.2. The number of aliphatic hydroxyl groups excluding tert-OH is 1. The fourth-order valence-electron chi connectivity index (χ4n) is 5.67. The van der Waals surface area contributed by atoms with Crippen LogP contribution < -0.4 is 5.32 Å². The molecule has 0 spiro atoms. The van der Waals surface area contributed by atoms with E-state index in [1.165, 1.54) is 11.3 Å². The Labute approximate surface area is 202 Å². The molecule has 6 unspecified atom stereocenters. The van der Waals surface area contributed by atoms with Gasteiger partial charge in [-0.15, -0.1) is 11.3 Å². The smallest absolute Gasteiger partial charge is 0.223 e. The summed E-state index contributed by atoms with van der Waals surface area (Å²) in [4.78, 5) is 18.6. The number of rotatable bonds is 7. The number of nitrogens with zero attached hydrogens (tertiary/aromatic N) is 1. The summed E-state index contributed by atoms with van der Waals surface area (Å²) in [7, 11) is -1.71. The summed E-state index contributed by atoms with van der Waals surface area (Å²) in [5, 5.41) is 15.0. The van der Waals surface area contributed by atoms with E-state index in [0.29, 0.717) is 18.2 Å². The van der Waals surface area contributed by atoms with Crippen molar-refractivity contribution in [2.24, 2.45) is 23.2 Å². The molecule has 0 bridgehead atoms. The van der Waals surface area contributed by atoms with Crippen molar-refractivity contribution in [3.63, 3.8) is 0 Å². The van der Waals surface area contributed by atoms with Crippen molar-refractivity contribution in [3.8, 4) is 0 Å². The molecule has 1 fully saturated rings. The van der Waals surface area contributed by atoms with Crippen molar-refractivity contribution in [1.82, 2.24) is 10.3 Å². The van der Waals surface area contributed by atoms with Gasteiger partial charge in [-0.1, -0.05) is 20.8 Å². The number of amides is 1. The number of sulfone groups is 1. The molecule has 2 aliphatic carbocycles. The largest absolute Gasteiger partial charge is 0.392 e. The molecule has 6 atom stereocenters. The van der Waals surface area contributed by atoms with Crippen molar-refractivity contribution < 1.29 is 23.1 Å². The molecule has 188 valence electrons. The topological polar surface area (TPSA) is 106 Å². The lowest BCUT2D eigenvalue weighted by Gasteiger charge is -2.53. The molecule has 0 aliphatic heterocycles. The lowest BCUT2D eigenvalue weighted by Crippen LogP contribution is -2.53. The third-order valence-corrected chi connectivity index (χ3v) is 11.6. The van der Waals surface area contributed by atoms with Gasteiger partial charge in [0.1, 0.15) is 10.8 Å². The van der Waals surface area contributed by atoms with Crippen LogP contribution in [-0.2, 0) is 31.5 Å². The van der Waals surface area contributed by atoms with Crippen LogP contribution in [-0.4, -0.2) is 55.5 Å². The predicted octanol–water partition coefficient (Wildman–Crippen LogP) is 3.31. The monoisotopic (exact) mass is 500 g/mol. The molecular weight excluding hydrogens is 460 g/mol. The molecule has 0 aromatic carbocycles. The summed E-state index contributed by atoms with van der Waals surface area (Å²) in [6.45, 7) is 12.3. The number of methoxy groups -OCH3 is 1. The number of thiazole rings is 1. The molecule has 0 radical (unpaired) electrons. The Balaban J connectivity index is 1.82. The quantitative estimate of drug-likeness (QED) is 0.557. The van der Waals surface area contributed by atoms with Crippen LogP contribution in [0.25, 0.3) is 0 Å². The van der Waals surface area contributed by atoms with E-state index in [1.54, 1.807) is 27.9 Å². The Hall–Kier alpha value is -1.03. The van der Waals surface area contributed by atoms with Gasteiger partial charge in [-0.2, -0.15) is 0 Å². The molecule has 1 heterocycles. The standard InChI is InChI=1S/C24H40N2O5S2/c1-14(22(28)25-10-11-31-7)16-8-9-24(6)12-17-20(15(2)19(24)21(16)27)26-18(32-17)13-33(29,30)23(3,4)5/h14-16,19,21,27H,8-13H2,1-7H3,(H,25,28). The zero-order valence-electron chi connectivity index (χ0n) is 21.0. The van der Waals surface area contributed by atoms with Crippen LogP contribution in [0.1, 0.15) is 75.9 Å². The van der Waals surface area contributed by atoms with E-state index in [1.807, 2.05) is 6.92 Å². The van der Waals surface area contributed by atoms with Gasteiger partial charge in [0, 0.05) is 30.4 Å². The van der Waals surface area contributed by atoms with Crippen molar-refractivity contribution in [1.29, 1.82) is 0 Å². The summed E-state index contributed by atoms with van der Waals surface area (Å²) in [5.74, 6) is -0.527. The van der Waals surface area contributed by atoms with Gasteiger partial charge in [0.25, 0.3) is 0 Å². The lowest BCUT2D eigenvalue weighted by molar-refractivity contribution is -0.135. The van der Waals surface area contributed by atoms with Crippen molar-refractivity contribution in [3.05, 3.63) is 15.6 Å². The first-order chi connectivity index (χ1) is 15.2. The SMILES string of the molecule is COCCNC(=O)C(C)C1CCC2(C)Cc3sc(CS(=O)(=O)C(C)(C)C)nc3C(C)C2C1O. The Bertz CT molecular complexity index is 968. The van der Waals surface area contributed by atoms with Crippen LogP contribution in [0.3, 0.4) is 0 Å². The number of aromatic nitrogens is 1. The van der Waals surface area contributed by atoms with Crippen LogP contribution in [0.4, 0.5) is 0 Å². The zero-order chi connectivity index (χ0) is 24.8. The van der Waals surface area contributed by atoms with Crippen molar-refractivity contribution >= 4 is 27.1 Å². The Morgan fingerprint density at radius 3 is 2.67 bits per heavy atom. The summed E-state index contributed by atoms with van der Waals surface area (Å²) in [5.41, 5.74) is 0.833. The Kier molecular flexibility index (Phi) is 7.69. The number of aliphatic hydroxyl groups is 1. The highest BCUT2D eigenvalue weighted by Crippen LogP contribution is 2.57. The molecule has 2 aliphatic rings. The third kappa shape index (κ3) is 5.16. The molecule has 0 saturated heterocycles. The van der Waals surface area contributed by atoms with Crippen molar-refractivity contribution in [2.75, 3.05) is 20.3 Å². The molecule has 1 aromatic heterocycles. The minimum atomic E-state index is -3.31. The predicted molar refractivity (Wildman–Crippen MR) is 131 cm³/mol. The first kappa shape index (κ1) is 26.6. The highest BCUT2D eigenvalue weighted by Gasteiger charge is 2.54. The maximum absolute atomic E-state index is 12.7. The van der Waals surface area contributed by atoms with Crippen LogP contribution in [0, 0.1) is 23.2 Å². The van der Waals surface area contributed by atoms with Crippen LogP contribution in [0.15, 0.2) is 0 Å². The zero-order valence-corrected chi connectivity index (χ0v) is 22.6. The first-order valence-electron chi connectivity index (χ1n) is 11.9. The number of nitrogens with one attached hydrogen (secondary N) is 1. The average Bonchev–Trinajstić information content (AvgIpc) is 3.08. The maximum atomic E-state index is 12.7. The second-order valence-corrected chi connectivity index (χ2v) is 15.1. The highest BCUT2D eigenvalue weighted by molar-refractivity contribution is 7.92. The molecule has 1 aromatic rings. The molecule has 1 saturated carbocycles. The lowest BCUT2D eigenvalue weighted by atomic mass is 9.53. The fraction of sp³-hybridized carbons (Fsp3) is 0.833. The molecule has 3 rings (SSSR count). The van der Waals surface area contributed by atoms with Gasteiger partial charge in [-0.25, -0.2) is 13.4 Å². The second kappa shape index (κ2) is 9.55. The number of carbonyl (C=O) groups is 1.